The van der Waals surface area contributed by atoms with Gasteiger partial charge >= 0.3 is 5.97 Å². The molecule has 0 amide bonds. The Labute approximate surface area is 193 Å². The van der Waals surface area contributed by atoms with Crippen molar-refractivity contribution in [2.24, 2.45) is 0 Å². The van der Waals surface area contributed by atoms with Crippen molar-refractivity contribution in [3.63, 3.8) is 0 Å². The van der Waals surface area contributed by atoms with Gasteiger partial charge in [-0.2, -0.15) is 0 Å². The first-order valence-corrected chi connectivity index (χ1v) is 12.1. The predicted octanol–water partition coefficient (Wildman–Crippen LogP) is 6.72. The van der Waals surface area contributed by atoms with E-state index in [2.05, 4.69) is 35.9 Å². The summed E-state index contributed by atoms with van der Waals surface area (Å²) in [4.78, 5) is 20.6. The molecule has 1 heterocycles. The van der Waals surface area contributed by atoms with Crippen molar-refractivity contribution in [3.8, 4) is 17.1 Å². The second-order valence-corrected chi connectivity index (χ2v) is 8.04. The molecule has 0 aliphatic heterocycles. The van der Waals surface area contributed by atoms with Crippen molar-refractivity contribution in [2.45, 2.75) is 78.1 Å². The number of benzene rings is 1. The Hall–Kier alpha value is -2.53. The highest BCUT2D eigenvalue weighted by molar-refractivity contribution is 5.83. The summed E-state index contributed by atoms with van der Waals surface area (Å²) in [7, 11) is 0. The third kappa shape index (κ3) is 10.7. The number of aryl methyl sites for hydroxylation is 1. The molecule has 0 aliphatic rings. The minimum absolute atomic E-state index is 0.355. The zero-order chi connectivity index (χ0) is 22.9. The number of hydrogen-bond acceptors (Lipinski definition) is 5. The van der Waals surface area contributed by atoms with E-state index in [9.17, 15) is 4.79 Å². The molecular weight excluding hydrogens is 400 g/mol. The van der Waals surface area contributed by atoms with Gasteiger partial charge in [0.15, 0.2) is 11.6 Å². The smallest absolute Gasteiger partial charge is 0.335 e. The average Bonchev–Trinajstić information content (AvgIpc) is 2.82. The minimum Gasteiger partial charge on any atom is -0.420 e. The molecule has 0 spiro atoms. The molecule has 2 rings (SSSR count). The summed E-state index contributed by atoms with van der Waals surface area (Å²) in [5.41, 5.74) is 2.27. The molecule has 0 saturated heterocycles. The summed E-state index contributed by atoms with van der Waals surface area (Å²) < 4.78 is 10.8. The first-order valence-electron chi connectivity index (χ1n) is 12.1. The Morgan fingerprint density at radius 3 is 2.34 bits per heavy atom. The zero-order valence-electron chi connectivity index (χ0n) is 19.7. The van der Waals surface area contributed by atoms with Crippen molar-refractivity contribution in [1.82, 2.24) is 9.97 Å². The van der Waals surface area contributed by atoms with E-state index in [4.69, 9.17) is 9.47 Å². The lowest BCUT2D eigenvalue weighted by Crippen LogP contribution is -2.04. The van der Waals surface area contributed by atoms with E-state index in [-0.39, 0.29) is 0 Å². The maximum atomic E-state index is 11.9. The molecule has 5 heteroatoms. The lowest BCUT2D eigenvalue weighted by molar-refractivity contribution is -0.129. The highest BCUT2D eigenvalue weighted by Crippen LogP contribution is 2.18. The van der Waals surface area contributed by atoms with Gasteiger partial charge in [-0.05, 0) is 44.1 Å². The normalized spacial score (nSPS) is 11.2. The molecule has 174 valence electrons. The van der Waals surface area contributed by atoms with Gasteiger partial charge in [-0.25, -0.2) is 14.8 Å². The monoisotopic (exact) mass is 438 g/mol. The number of carbonyl (C=O) groups excluding carboxylic acids is 1. The lowest BCUT2D eigenvalue weighted by Gasteiger charge is -2.05. The molecule has 2 aromatic rings. The Bertz CT molecular complexity index is 786. The number of hydrogen-bond donors (Lipinski definition) is 0. The molecule has 32 heavy (non-hydrogen) atoms. The first-order chi connectivity index (χ1) is 15.7. The van der Waals surface area contributed by atoms with Crippen LogP contribution < -0.4 is 4.74 Å². The highest BCUT2D eigenvalue weighted by atomic mass is 16.5. The fourth-order valence-corrected chi connectivity index (χ4v) is 3.31. The van der Waals surface area contributed by atoms with Crippen LogP contribution in [0.15, 0.2) is 48.8 Å². The second kappa shape index (κ2) is 16.2. The van der Waals surface area contributed by atoms with Crippen LogP contribution in [0.4, 0.5) is 0 Å². The minimum atomic E-state index is -0.391. The van der Waals surface area contributed by atoms with Gasteiger partial charge in [0, 0.05) is 24.9 Å². The van der Waals surface area contributed by atoms with E-state index in [0.29, 0.717) is 11.6 Å². The Kier molecular flexibility index (Phi) is 13.0. The van der Waals surface area contributed by atoms with Crippen LogP contribution in [0.3, 0.4) is 0 Å². The van der Waals surface area contributed by atoms with Gasteiger partial charge in [-0.3, -0.25) is 0 Å². The van der Waals surface area contributed by atoms with Crippen molar-refractivity contribution >= 4 is 5.97 Å². The third-order valence-corrected chi connectivity index (χ3v) is 5.14. The molecule has 1 aromatic heterocycles. The number of nitrogens with zero attached hydrogens (tertiary/aromatic N) is 2. The molecule has 0 bridgehead atoms. The van der Waals surface area contributed by atoms with Crippen LogP contribution >= 0.6 is 0 Å². The van der Waals surface area contributed by atoms with Crippen LogP contribution in [0.1, 0.15) is 77.2 Å². The average molecular weight is 439 g/mol. The summed E-state index contributed by atoms with van der Waals surface area (Å²) in [6, 6.07) is 8.35. The summed E-state index contributed by atoms with van der Waals surface area (Å²) in [6.07, 6.45) is 17.7. The summed E-state index contributed by atoms with van der Waals surface area (Å²) in [6.45, 7) is 6.05. The van der Waals surface area contributed by atoms with Crippen molar-refractivity contribution in [2.75, 3.05) is 13.2 Å². The number of rotatable bonds is 16. The van der Waals surface area contributed by atoms with Crippen molar-refractivity contribution < 1.29 is 14.3 Å². The molecule has 0 radical (unpaired) electrons. The van der Waals surface area contributed by atoms with Gasteiger partial charge in [0.25, 0.3) is 0 Å². The topological polar surface area (TPSA) is 61.3 Å². The first kappa shape index (κ1) is 25.7. The number of unbranched alkanes of at least 4 members (excludes halogenated alkanes) is 6. The van der Waals surface area contributed by atoms with E-state index in [1.807, 2.05) is 18.2 Å². The lowest BCUT2D eigenvalue weighted by atomic mass is 10.0. The van der Waals surface area contributed by atoms with Crippen LogP contribution in [0.25, 0.3) is 11.4 Å². The van der Waals surface area contributed by atoms with E-state index >= 15 is 0 Å². The molecule has 0 fully saturated rings. The molecule has 1 aromatic carbocycles. The predicted molar refractivity (Wildman–Crippen MR) is 130 cm³/mol. The van der Waals surface area contributed by atoms with Gasteiger partial charge in [0.1, 0.15) is 0 Å². The van der Waals surface area contributed by atoms with Gasteiger partial charge < -0.3 is 9.47 Å². The van der Waals surface area contributed by atoms with Gasteiger partial charge in [0.05, 0.1) is 12.4 Å². The van der Waals surface area contributed by atoms with Crippen molar-refractivity contribution in [3.05, 3.63) is 54.4 Å². The fourth-order valence-electron chi connectivity index (χ4n) is 3.31. The third-order valence-electron chi connectivity index (χ3n) is 5.14. The molecule has 0 aliphatic carbocycles. The fraction of sp³-hybridized carbons (Fsp3) is 0.519. The number of aromatic nitrogens is 2. The van der Waals surface area contributed by atoms with Gasteiger partial charge in [-0.1, -0.05) is 69.9 Å². The second-order valence-electron chi connectivity index (χ2n) is 8.04. The Balaban J connectivity index is 1.72. The molecule has 0 N–H and O–H groups in total. The maximum Gasteiger partial charge on any atom is 0.335 e. The maximum absolute atomic E-state index is 11.9. The van der Waals surface area contributed by atoms with E-state index in [1.165, 1.54) is 43.7 Å². The summed E-state index contributed by atoms with van der Waals surface area (Å²) in [5.74, 6) is 0.586. The largest absolute Gasteiger partial charge is 0.420 e. The molecule has 0 saturated carbocycles. The molecule has 0 atom stereocenters. The Morgan fingerprint density at radius 2 is 1.62 bits per heavy atom. The van der Waals surface area contributed by atoms with Crippen LogP contribution in [0.2, 0.25) is 0 Å². The summed E-state index contributed by atoms with van der Waals surface area (Å²) >= 11 is 0. The van der Waals surface area contributed by atoms with Crippen LogP contribution in [0, 0.1) is 0 Å². The quantitative estimate of drug-likeness (QED) is 0.165. The highest BCUT2D eigenvalue weighted by Gasteiger charge is 2.05. The van der Waals surface area contributed by atoms with Gasteiger partial charge in [0.2, 0.25) is 0 Å². The number of allylic oxidation sites excluding steroid dienone is 1. The molecule has 0 unspecified atom stereocenters. The number of carbonyl (C=O) groups is 1. The molecule has 5 nitrogen and oxygen atoms in total. The number of ether oxygens (including phenoxy) is 2. The standard InChI is InChI=1S/C27H38N2O3/c1-3-5-6-7-8-11-14-26(30)32-25-21-28-27(29-22-25)24-17-15-23(16-18-24)13-10-9-12-20-31-19-4-2/h11,14-18,21-22H,3-10,12-13,19-20H2,1-2H3/b14-11+. The van der Waals surface area contributed by atoms with Crippen LogP contribution in [-0.4, -0.2) is 29.2 Å². The zero-order valence-corrected chi connectivity index (χ0v) is 19.7. The van der Waals surface area contributed by atoms with Crippen molar-refractivity contribution in [1.29, 1.82) is 0 Å². The van der Waals surface area contributed by atoms with Crippen LogP contribution in [-0.2, 0) is 16.0 Å². The van der Waals surface area contributed by atoms with E-state index in [1.54, 1.807) is 12.4 Å². The van der Waals surface area contributed by atoms with E-state index < -0.39 is 5.97 Å². The molecular formula is C27H38N2O3. The Morgan fingerprint density at radius 1 is 0.875 bits per heavy atom. The summed E-state index contributed by atoms with van der Waals surface area (Å²) in [5, 5.41) is 0. The SMILES string of the molecule is CCCCCC/C=C/C(=O)Oc1cnc(-c2ccc(CCCCCOCCC)cc2)nc1. The van der Waals surface area contributed by atoms with Gasteiger partial charge in [-0.15, -0.1) is 0 Å². The van der Waals surface area contributed by atoms with E-state index in [0.717, 1.165) is 50.9 Å². The van der Waals surface area contributed by atoms with Crippen LogP contribution in [0.5, 0.6) is 5.75 Å². The number of esters is 1.